The molecule has 0 aromatic carbocycles. The van der Waals surface area contributed by atoms with Gasteiger partial charge in [0.15, 0.2) is 0 Å². The van der Waals surface area contributed by atoms with Gasteiger partial charge >= 0.3 is 0 Å². The van der Waals surface area contributed by atoms with E-state index in [2.05, 4.69) is 34.3 Å². The van der Waals surface area contributed by atoms with Gasteiger partial charge in [0, 0.05) is 25.3 Å². The van der Waals surface area contributed by atoms with Gasteiger partial charge in [0.25, 0.3) is 0 Å². The third-order valence-electron chi connectivity index (χ3n) is 4.10. The fourth-order valence-corrected chi connectivity index (χ4v) is 3.28. The lowest BCUT2D eigenvalue weighted by atomic mass is 9.87. The molecule has 0 aromatic rings. The van der Waals surface area contributed by atoms with E-state index in [0.29, 0.717) is 18.4 Å². The first kappa shape index (κ1) is 19.6. The molecule has 0 saturated heterocycles. The summed E-state index contributed by atoms with van der Waals surface area (Å²) in [5, 5.41) is 0. The normalized spacial score (nSPS) is 11.4. The second kappa shape index (κ2) is 11.2. The smallest absolute Gasteiger partial charge is 0.223 e. The van der Waals surface area contributed by atoms with Gasteiger partial charge in [-0.05, 0) is 30.4 Å². The summed E-state index contributed by atoms with van der Waals surface area (Å²) in [5.41, 5.74) is 0.427. The Morgan fingerprint density at radius 2 is 1.95 bits per heavy atom. The first-order valence-electron chi connectivity index (χ1n) is 7.99. The summed E-state index contributed by atoms with van der Waals surface area (Å²) < 4.78 is 0. The number of unbranched alkanes of at least 4 members (excludes halogenated alkanes) is 1. The topological polar surface area (TPSA) is 20.3 Å². The molecule has 0 aliphatic rings. The number of hydrogen-bond donors (Lipinski definition) is 0. The molecule has 2 nitrogen and oxygen atoms in total. The highest BCUT2D eigenvalue weighted by atomic mass is 32.2. The highest BCUT2D eigenvalue weighted by Gasteiger charge is 2.19. The molecule has 0 rings (SSSR count). The molecule has 0 heterocycles. The van der Waals surface area contributed by atoms with Gasteiger partial charge in [-0.25, -0.2) is 0 Å². The van der Waals surface area contributed by atoms with Crippen molar-refractivity contribution in [2.45, 2.75) is 59.8 Å². The number of nitrogens with zero attached hydrogens (tertiary/aromatic N) is 1. The highest BCUT2D eigenvalue weighted by molar-refractivity contribution is 7.99. The molecular weight excluding hydrogens is 266 g/mol. The van der Waals surface area contributed by atoms with Crippen molar-refractivity contribution in [1.29, 1.82) is 0 Å². The third kappa shape index (κ3) is 7.98. The Kier molecular flexibility index (Phi) is 11.0. The van der Waals surface area contributed by atoms with Crippen molar-refractivity contribution in [2.75, 3.05) is 24.6 Å². The Morgan fingerprint density at radius 1 is 1.30 bits per heavy atom. The van der Waals surface area contributed by atoms with E-state index < -0.39 is 0 Å². The molecule has 0 saturated carbocycles. The van der Waals surface area contributed by atoms with E-state index >= 15 is 0 Å². The van der Waals surface area contributed by atoms with E-state index in [1.165, 1.54) is 12.8 Å². The van der Waals surface area contributed by atoms with Crippen LogP contribution in [0.2, 0.25) is 0 Å². The standard InChI is InChI=1S/C17H33NOS/c1-6-10-13-18(12-7-2)16(19)11-14-20-15-17(5,8-3)9-4/h7H,2,6,8-15H2,1,3-5H3. The molecule has 0 atom stereocenters. The molecule has 0 radical (unpaired) electrons. The zero-order valence-electron chi connectivity index (χ0n) is 13.9. The summed E-state index contributed by atoms with van der Waals surface area (Å²) in [6, 6.07) is 0. The van der Waals surface area contributed by atoms with Crippen molar-refractivity contribution in [3.63, 3.8) is 0 Å². The maximum atomic E-state index is 12.2. The summed E-state index contributed by atoms with van der Waals surface area (Å²) >= 11 is 1.92. The average Bonchev–Trinajstić information content (AvgIpc) is 2.47. The van der Waals surface area contributed by atoms with Crippen molar-refractivity contribution < 1.29 is 4.79 Å². The van der Waals surface area contributed by atoms with Gasteiger partial charge < -0.3 is 4.90 Å². The minimum absolute atomic E-state index is 0.278. The van der Waals surface area contributed by atoms with Crippen LogP contribution in [0.3, 0.4) is 0 Å². The second-order valence-electron chi connectivity index (χ2n) is 5.80. The average molecular weight is 300 g/mol. The van der Waals surface area contributed by atoms with E-state index in [1.54, 1.807) is 0 Å². The summed E-state index contributed by atoms with van der Waals surface area (Å²) in [7, 11) is 0. The van der Waals surface area contributed by atoms with Crippen molar-refractivity contribution in [1.82, 2.24) is 4.90 Å². The number of amides is 1. The van der Waals surface area contributed by atoms with Crippen molar-refractivity contribution in [2.24, 2.45) is 5.41 Å². The van der Waals surface area contributed by atoms with Crippen LogP contribution in [0.1, 0.15) is 59.8 Å². The maximum Gasteiger partial charge on any atom is 0.223 e. The fraction of sp³-hybridized carbons (Fsp3) is 0.824. The van der Waals surface area contributed by atoms with Gasteiger partial charge in [-0.1, -0.05) is 40.2 Å². The first-order chi connectivity index (χ1) is 9.52. The SMILES string of the molecule is C=CCN(CCCC)C(=O)CCSCC(C)(CC)CC. The van der Waals surface area contributed by atoms with E-state index in [4.69, 9.17) is 0 Å². The molecule has 0 aliphatic heterocycles. The lowest BCUT2D eigenvalue weighted by molar-refractivity contribution is -0.130. The van der Waals surface area contributed by atoms with Gasteiger partial charge in [-0.2, -0.15) is 11.8 Å². The van der Waals surface area contributed by atoms with Crippen LogP contribution >= 0.6 is 11.8 Å². The molecule has 118 valence electrons. The van der Waals surface area contributed by atoms with Crippen LogP contribution in [0.4, 0.5) is 0 Å². The monoisotopic (exact) mass is 299 g/mol. The minimum Gasteiger partial charge on any atom is -0.339 e. The van der Waals surface area contributed by atoms with Crippen molar-refractivity contribution >= 4 is 17.7 Å². The molecule has 1 amide bonds. The van der Waals surface area contributed by atoms with Gasteiger partial charge in [-0.3, -0.25) is 4.79 Å². The number of thioether (sulfide) groups is 1. The van der Waals surface area contributed by atoms with Crippen LogP contribution in [0.25, 0.3) is 0 Å². The molecular formula is C17H33NOS. The predicted octanol–water partition coefficient (Wildman–Crippen LogP) is 4.75. The van der Waals surface area contributed by atoms with Crippen LogP contribution in [-0.4, -0.2) is 35.4 Å². The summed E-state index contributed by atoms with van der Waals surface area (Å²) in [6.07, 6.45) is 7.11. The van der Waals surface area contributed by atoms with Gasteiger partial charge in [0.05, 0.1) is 0 Å². The Labute approximate surface area is 130 Å². The van der Waals surface area contributed by atoms with Crippen LogP contribution in [0, 0.1) is 5.41 Å². The third-order valence-corrected chi connectivity index (χ3v) is 5.50. The Morgan fingerprint density at radius 3 is 2.45 bits per heavy atom. The summed E-state index contributed by atoms with van der Waals surface area (Å²) in [4.78, 5) is 14.1. The summed E-state index contributed by atoms with van der Waals surface area (Å²) in [6.45, 7) is 14.3. The molecule has 0 fully saturated rings. The molecule has 0 unspecified atom stereocenters. The Balaban J connectivity index is 4.02. The quantitative estimate of drug-likeness (QED) is 0.383. The second-order valence-corrected chi connectivity index (χ2v) is 6.91. The van der Waals surface area contributed by atoms with E-state index in [0.717, 1.165) is 30.9 Å². The molecule has 0 N–H and O–H groups in total. The number of hydrogen-bond acceptors (Lipinski definition) is 2. The summed E-state index contributed by atoms with van der Waals surface area (Å²) in [5.74, 6) is 2.37. The maximum absolute atomic E-state index is 12.2. The largest absolute Gasteiger partial charge is 0.339 e. The minimum atomic E-state index is 0.278. The number of carbonyl (C=O) groups is 1. The highest BCUT2D eigenvalue weighted by Crippen LogP contribution is 2.30. The molecule has 0 bridgehead atoms. The van der Waals surface area contributed by atoms with E-state index in [1.807, 2.05) is 22.7 Å². The Bertz CT molecular complexity index is 274. The van der Waals surface area contributed by atoms with Crippen LogP contribution in [0.5, 0.6) is 0 Å². The molecule has 0 aromatic heterocycles. The van der Waals surface area contributed by atoms with Gasteiger partial charge in [-0.15, -0.1) is 6.58 Å². The van der Waals surface area contributed by atoms with Gasteiger partial charge in [0.1, 0.15) is 0 Å². The lowest BCUT2D eigenvalue weighted by Gasteiger charge is -2.26. The zero-order chi connectivity index (χ0) is 15.4. The predicted molar refractivity (Wildman–Crippen MR) is 92.3 cm³/mol. The zero-order valence-corrected chi connectivity index (χ0v) is 14.7. The van der Waals surface area contributed by atoms with Crippen molar-refractivity contribution in [3.8, 4) is 0 Å². The lowest BCUT2D eigenvalue weighted by Crippen LogP contribution is -2.32. The molecule has 20 heavy (non-hydrogen) atoms. The van der Waals surface area contributed by atoms with Crippen LogP contribution < -0.4 is 0 Å². The van der Waals surface area contributed by atoms with Crippen molar-refractivity contribution in [3.05, 3.63) is 12.7 Å². The fourth-order valence-electron chi connectivity index (χ4n) is 1.91. The van der Waals surface area contributed by atoms with Gasteiger partial charge in [0.2, 0.25) is 5.91 Å². The van der Waals surface area contributed by atoms with Crippen LogP contribution in [0.15, 0.2) is 12.7 Å². The van der Waals surface area contributed by atoms with E-state index in [-0.39, 0.29) is 5.91 Å². The molecule has 0 aliphatic carbocycles. The first-order valence-corrected chi connectivity index (χ1v) is 9.14. The number of rotatable bonds is 12. The molecule has 3 heteroatoms. The van der Waals surface area contributed by atoms with Crippen LogP contribution in [-0.2, 0) is 4.79 Å². The number of carbonyl (C=O) groups excluding carboxylic acids is 1. The molecule has 0 spiro atoms. The Hall–Kier alpha value is -0.440. The van der Waals surface area contributed by atoms with E-state index in [9.17, 15) is 4.79 Å².